The van der Waals surface area contributed by atoms with E-state index in [2.05, 4.69) is 20.8 Å². The second kappa shape index (κ2) is 5.71. The lowest BCUT2D eigenvalue weighted by Crippen LogP contribution is -2.64. The van der Waals surface area contributed by atoms with E-state index in [0.717, 1.165) is 23.8 Å². The number of benzene rings is 1. The van der Waals surface area contributed by atoms with Gasteiger partial charge in [0.2, 0.25) is 0 Å². The van der Waals surface area contributed by atoms with Crippen LogP contribution in [0.4, 0.5) is 5.69 Å². The minimum atomic E-state index is -0.0642. The van der Waals surface area contributed by atoms with Gasteiger partial charge < -0.3 is 14.4 Å². The van der Waals surface area contributed by atoms with Crippen LogP contribution in [0.2, 0.25) is 0 Å². The van der Waals surface area contributed by atoms with Crippen LogP contribution in [0.15, 0.2) is 22.7 Å². The molecule has 0 amide bonds. The van der Waals surface area contributed by atoms with Crippen LogP contribution < -0.4 is 4.90 Å². The molecule has 1 spiro atoms. The Labute approximate surface area is 133 Å². The van der Waals surface area contributed by atoms with Gasteiger partial charge in [0.25, 0.3) is 0 Å². The molecule has 0 atom stereocenters. The maximum Gasteiger partial charge on any atom is 0.159 e. The third-order valence-corrected chi connectivity index (χ3v) is 5.46. The van der Waals surface area contributed by atoms with Gasteiger partial charge in [-0.1, -0.05) is 0 Å². The minimum absolute atomic E-state index is 0.0642. The van der Waals surface area contributed by atoms with Gasteiger partial charge in [-0.2, -0.15) is 0 Å². The summed E-state index contributed by atoms with van der Waals surface area (Å²) < 4.78 is 11.5. The second-order valence-corrected chi connectivity index (χ2v) is 7.04. The fourth-order valence-electron chi connectivity index (χ4n) is 3.74. The molecule has 2 aliphatic rings. The zero-order valence-electron chi connectivity index (χ0n) is 12.3. The summed E-state index contributed by atoms with van der Waals surface area (Å²) in [5.41, 5.74) is 2.31. The lowest BCUT2D eigenvalue weighted by molar-refractivity contribution is -0.184. The Morgan fingerprint density at radius 3 is 2.52 bits per heavy atom. The number of hydrogen-bond donors (Lipinski definition) is 0. The van der Waals surface area contributed by atoms with Gasteiger partial charge in [-0.15, -0.1) is 0 Å². The molecular weight excluding hydrogens is 334 g/mol. The first kappa shape index (κ1) is 15.0. The Balaban J connectivity index is 1.57. The number of anilines is 1. The molecule has 1 saturated heterocycles. The van der Waals surface area contributed by atoms with E-state index >= 15 is 0 Å². The van der Waals surface area contributed by atoms with Gasteiger partial charge in [-0.25, -0.2) is 0 Å². The molecule has 0 N–H and O–H groups in total. The van der Waals surface area contributed by atoms with Crippen LogP contribution in [0.25, 0.3) is 0 Å². The van der Waals surface area contributed by atoms with E-state index < -0.39 is 0 Å². The van der Waals surface area contributed by atoms with Crippen molar-refractivity contribution in [3.63, 3.8) is 0 Å². The van der Waals surface area contributed by atoms with Crippen LogP contribution in [0.3, 0.4) is 0 Å². The fraction of sp³-hybridized carbons (Fsp3) is 0.562. The zero-order valence-corrected chi connectivity index (χ0v) is 13.9. The highest BCUT2D eigenvalue weighted by Gasteiger charge is 2.54. The highest BCUT2D eigenvalue weighted by Crippen LogP contribution is 2.54. The van der Waals surface area contributed by atoms with Crippen molar-refractivity contribution in [3.05, 3.63) is 28.2 Å². The first-order valence-corrected chi connectivity index (χ1v) is 7.95. The summed E-state index contributed by atoms with van der Waals surface area (Å²) in [6.07, 6.45) is 3.15. The van der Waals surface area contributed by atoms with Crippen molar-refractivity contribution in [1.29, 1.82) is 0 Å². The van der Waals surface area contributed by atoms with Gasteiger partial charge >= 0.3 is 0 Å². The second-order valence-electron chi connectivity index (χ2n) is 6.19. The minimum Gasteiger partial charge on any atom is -0.370 e. The van der Waals surface area contributed by atoms with Gasteiger partial charge in [0.15, 0.2) is 12.6 Å². The van der Waals surface area contributed by atoms with E-state index in [9.17, 15) is 4.79 Å². The van der Waals surface area contributed by atoms with Crippen molar-refractivity contribution in [2.24, 2.45) is 11.3 Å². The molecule has 2 fully saturated rings. The lowest BCUT2D eigenvalue weighted by Gasteiger charge is -2.60. The molecular formula is C16H20BrNO3. The molecule has 1 aromatic rings. The summed E-state index contributed by atoms with van der Waals surface area (Å²) in [7, 11) is 3.41. The van der Waals surface area contributed by atoms with Crippen molar-refractivity contribution in [2.45, 2.75) is 19.1 Å². The summed E-state index contributed by atoms with van der Waals surface area (Å²) in [4.78, 5) is 13.2. The molecule has 114 valence electrons. The highest BCUT2D eigenvalue weighted by atomic mass is 79.9. The number of rotatable bonds is 5. The molecule has 1 aromatic carbocycles. The SMILES string of the molecule is COC(OC)C1CC2(C1)CN(c1ccc(C=O)c(Br)c1)C2. The Hall–Kier alpha value is -0.910. The monoisotopic (exact) mass is 353 g/mol. The molecule has 1 aliphatic heterocycles. The average Bonchev–Trinajstić information content (AvgIpc) is 2.40. The molecule has 4 nitrogen and oxygen atoms in total. The molecule has 0 radical (unpaired) electrons. The van der Waals surface area contributed by atoms with E-state index in [0.29, 0.717) is 16.9 Å². The van der Waals surface area contributed by atoms with Gasteiger partial charge in [0.1, 0.15) is 0 Å². The summed E-state index contributed by atoms with van der Waals surface area (Å²) in [6.45, 7) is 2.16. The lowest BCUT2D eigenvalue weighted by atomic mass is 9.57. The van der Waals surface area contributed by atoms with Crippen LogP contribution >= 0.6 is 15.9 Å². The van der Waals surface area contributed by atoms with Crippen LogP contribution in [0, 0.1) is 11.3 Å². The van der Waals surface area contributed by atoms with Gasteiger partial charge in [0, 0.05) is 54.4 Å². The summed E-state index contributed by atoms with van der Waals surface area (Å²) in [5.74, 6) is 0.520. The largest absolute Gasteiger partial charge is 0.370 e. The number of halogens is 1. The summed E-state index contributed by atoms with van der Waals surface area (Å²) in [5, 5.41) is 0. The first-order valence-electron chi connectivity index (χ1n) is 7.16. The maximum absolute atomic E-state index is 10.8. The van der Waals surface area contributed by atoms with Crippen LogP contribution in [-0.2, 0) is 9.47 Å². The van der Waals surface area contributed by atoms with Gasteiger partial charge in [0.05, 0.1) is 0 Å². The van der Waals surface area contributed by atoms with Crippen molar-refractivity contribution in [1.82, 2.24) is 0 Å². The van der Waals surface area contributed by atoms with Gasteiger partial charge in [-0.3, -0.25) is 4.79 Å². The smallest absolute Gasteiger partial charge is 0.159 e. The Morgan fingerprint density at radius 1 is 1.33 bits per heavy atom. The third-order valence-electron chi connectivity index (χ3n) is 4.77. The number of nitrogens with zero attached hydrogens (tertiary/aromatic N) is 1. The van der Waals surface area contributed by atoms with E-state index in [1.165, 1.54) is 18.5 Å². The molecule has 1 aliphatic carbocycles. The molecule has 21 heavy (non-hydrogen) atoms. The molecule has 0 bridgehead atoms. The topological polar surface area (TPSA) is 38.8 Å². The normalized spacial score (nSPS) is 20.5. The van der Waals surface area contributed by atoms with Crippen LogP contribution in [0.1, 0.15) is 23.2 Å². The highest BCUT2D eigenvalue weighted by molar-refractivity contribution is 9.10. The molecule has 3 rings (SSSR count). The fourth-order valence-corrected chi connectivity index (χ4v) is 4.20. The Kier molecular flexibility index (Phi) is 4.08. The van der Waals surface area contributed by atoms with Crippen LogP contribution in [0.5, 0.6) is 0 Å². The van der Waals surface area contributed by atoms with Crippen LogP contribution in [-0.4, -0.2) is 39.9 Å². The van der Waals surface area contributed by atoms with Crippen molar-refractivity contribution < 1.29 is 14.3 Å². The number of aldehydes is 1. The van der Waals surface area contributed by atoms with Gasteiger partial charge in [-0.05, 0) is 47.0 Å². The molecule has 5 heteroatoms. The summed E-state index contributed by atoms with van der Waals surface area (Å²) >= 11 is 3.44. The standard InChI is InChI=1S/C16H20BrNO3/c1-20-15(21-2)12-6-16(7-12)9-18(10-16)13-4-3-11(8-19)14(17)5-13/h3-5,8,12,15H,6-7,9-10H2,1-2H3. The Morgan fingerprint density at radius 2 is 2.00 bits per heavy atom. The van der Waals surface area contributed by atoms with Crippen molar-refractivity contribution in [2.75, 3.05) is 32.2 Å². The van der Waals surface area contributed by atoms with E-state index in [4.69, 9.17) is 9.47 Å². The van der Waals surface area contributed by atoms with Crippen molar-refractivity contribution >= 4 is 27.9 Å². The predicted molar refractivity (Wildman–Crippen MR) is 84.7 cm³/mol. The van der Waals surface area contributed by atoms with E-state index in [1.807, 2.05) is 18.2 Å². The number of methoxy groups -OCH3 is 2. The number of carbonyl (C=O) groups excluding carboxylic acids is 1. The number of carbonyl (C=O) groups is 1. The molecule has 1 heterocycles. The summed E-state index contributed by atoms with van der Waals surface area (Å²) in [6, 6.07) is 5.91. The van der Waals surface area contributed by atoms with E-state index in [1.54, 1.807) is 14.2 Å². The quantitative estimate of drug-likeness (QED) is 0.602. The van der Waals surface area contributed by atoms with E-state index in [-0.39, 0.29) is 6.29 Å². The molecule has 1 saturated carbocycles. The maximum atomic E-state index is 10.8. The number of hydrogen-bond acceptors (Lipinski definition) is 4. The molecule has 0 aromatic heterocycles. The Bertz CT molecular complexity index is 530. The predicted octanol–water partition coefficient (Wildman–Crippen LogP) is 3.10. The zero-order chi connectivity index (χ0) is 15.0. The van der Waals surface area contributed by atoms with Crippen molar-refractivity contribution in [3.8, 4) is 0 Å². The average molecular weight is 354 g/mol. The molecule has 0 unspecified atom stereocenters. The first-order chi connectivity index (χ1) is 10.1. The number of ether oxygens (including phenoxy) is 2. The third kappa shape index (κ3) is 2.62.